The number of benzene rings is 3. The zero-order valence-electron chi connectivity index (χ0n) is 21.5. The highest BCUT2D eigenvalue weighted by atomic mass is 35.5. The van der Waals surface area contributed by atoms with Crippen LogP contribution >= 0.6 is 23.2 Å². The number of halogens is 3. The van der Waals surface area contributed by atoms with Crippen LogP contribution in [-0.2, 0) is 11.2 Å². The molecule has 1 atom stereocenters. The summed E-state index contributed by atoms with van der Waals surface area (Å²) < 4.78 is 31.9. The third-order valence-corrected chi connectivity index (χ3v) is 5.90. The first kappa shape index (κ1) is 29.9. The van der Waals surface area contributed by atoms with Gasteiger partial charge in [-0.3, -0.25) is 10.8 Å². The monoisotopic (exact) mass is 572 g/mol. The van der Waals surface area contributed by atoms with Gasteiger partial charge in [-0.1, -0.05) is 29.3 Å². The van der Waals surface area contributed by atoms with Gasteiger partial charge < -0.3 is 24.2 Å². The van der Waals surface area contributed by atoms with Gasteiger partial charge in [-0.2, -0.15) is 5.26 Å². The second-order valence-electron chi connectivity index (χ2n) is 8.97. The van der Waals surface area contributed by atoms with Gasteiger partial charge in [-0.05, 0) is 69.0 Å². The van der Waals surface area contributed by atoms with E-state index in [4.69, 9.17) is 53.5 Å². The highest BCUT2D eigenvalue weighted by molar-refractivity contribution is 6.32. The standard InChI is InChI=1S/C28H27Cl2FN4O4/c1-16-8-21(37-15-20(36)14-35(2)3)5-6-23(16)28(34)39-25(33)11-18-4-7-24(30)27(26(18)31)38-22-10-17(13-32)9-19(29)12-22/h4-10,12,20,33-34,36H,11,14-15H2,1-3H3. The fourth-order valence-corrected chi connectivity index (χ4v) is 4.05. The third kappa shape index (κ3) is 8.40. The van der Waals surface area contributed by atoms with Crippen LogP contribution in [0.3, 0.4) is 0 Å². The van der Waals surface area contributed by atoms with E-state index in [-0.39, 0.29) is 57.5 Å². The van der Waals surface area contributed by atoms with Crippen molar-refractivity contribution in [3.8, 4) is 23.3 Å². The number of nitriles is 1. The predicted octanol–water partition coefficient (Wildman–Crippen LogP) is 5.97. The maximum Gasteiger partial charge on any atom is 0.221 e. The first-order valence-corrected chi connectivity index (χ1v) is 12.5. The molecule has 0 saturated heterocycles. The van der Waals surface area contributed by atoms with Crippen molar-refractivity contribution in [3.05, 3.63) is 86.6 Å². The fraction of sp³-hybridized carbons (Fsp3) is 0.250. The van der Waals surface area contributed by atoms with Gasteiger partial charge in [0.1, 0.15) is 24.2 Å². The Morgan fingerprint density at radius 1 is 1.10 bits per heavy atom. The summed E-state index contributed by atoms with van der Waals surface area (Å²) in [6, 6.07) is 14.0. The van der Waals surface area contributed by atoms with Crippen molar-refractivity contribution in [2.75, 3.05) is 27.2 Å². The van der Waals surface area contributed by atoms with E-state index >= 15 is 4.39 Å². The number of hydrogen-bond donors (Lipinski definition) is 3. The molecule has 1 unspecified atom stereocenters. The van der Waals surface area contributed by atoms with Crippen molar-refractivity contribution in [3.63, 3.8) is 0 Å². The lowest BCUT2D eigenvalue weighted by atomic mass is 10.1. The SMILES string of the molecule is Cc1cc(OCC(O)CN(C)C)ccc1C(=N)OC(=N)Cc1ccc(Cl)c(Oc2cc(Cl)cc(C#N)c2)c1F. The minimum atomic E-state index is -0.810. The van der Waals surface area contributed by atoms with Crippen LogP contribution in [0.15, 0.2) is 48.5 Å². The van der Waals surface area contributed by atoms with Crippen LogP contribution in [0, 0.1) is 34.9 Å². The predicted molar refractivity (Wildman–Crippen MR) is 148 cm³/mol. The lowest BCUT2D eigenvalue weighted by Gasteiger charge is -2.17. The van der Waals surface area contributed by atoms with Crippen LogP contribution in [0.25, 0.3) is 0 Å². The van der Waals surface area contributed by atoms with Crippen molar-refractivity contribution in [1.82, 2.24) is 4.90 Å². The molecular weight excluding hydrogens is 546 g/mol. The molecule has 0 radical (unpaired) electrons. The molecule has 0 saturated carbocycles. The average Bonchev–Trinajstić information content (AvgIpc) is 2.86. The number of likely N-dealkylation sites (N-methyl/N-ethyl adjacent to an activating group) is 1. The Labute approximate surface area is 236 Å². The second kappa shape index (κ2) is 13.4. The number of rotatable bonds is 10. The smallest absolute Gasteiger partial charge is 0.221 e. The lowest BCUT2D eigenvalue weighted by Crippen LogP contribution is -2.30. The van der Waals surface area contributed by atoms with E-state index in [0.29, 0.717) is 23.4 Å². The Bertz CT molecular complexity index is 1430. The van der Waals surface area contributed by atoms with Crippen molar-refractivity contribution in [2.24, 2.45) is 0 Å². The Hall–Kier alpha value is -3.68. The molecule has 0 aliphatic rings. The minimum Gasteiger partial charge on any atom is -0.491 e. The number of nitrogens with one attached hydrogen (secondary N) is 2. The number of ether oxygens (including phenoxy) is 3. The third-order valence-electron chi connectivity index (χ3n) is 5.39. The largest absolute Gasteiger partial charge is 0.491 e. The molecule has 3 aromatic carbocycles. The molecule has 3 aromatic rings. The van der Waals surface area contributed by atoms with Crippen molar-refractivity contribution < 1.29 is 23.7 Å². The van der Waals surface area contributed by atoms with E-state index < -0.39 is 11.9 Å². The van der Waals surface area contributed by atoms with E-state index in [0.717, 1.165) is 0 Å². The van der Waals surface area contributed by atoms with E-state index in [1.54, 1.807) is 25.1 Å². The van der Waals surface area contributed by atoms with Crippen molar-refractivity contribution in [1.29, 1.82) is 16.1 Å². The summed E-state index contributed by atoms with van der Waals surface area (Å²) in [7, 11) is 3.71. The molecule has 8 nitrogen and oxygen atoms in total. The van der Waals surface area contributed by atoms with Crippen LogP contribution in [0.4, 0.5) is 4.39 Å². The zero-order chi connectivity index (χ0) is 28.7. The highest BCUT2D eigenvalue weighted by Crippen LogP contribution is 2.35. The minimum absolute atomic E-state index is 0.0120. The summed E-state index contributed by atoms with van der Waals surface area (Å²) in [5, 5.41) is 35.8. The Morgan fingerprint density at radius 3 is 2.51 bits per heavy atom. The summed E-state index contributed by atoms with van der Waals surface area (Å²) in [6.45, 7) is 2.34. The maximum atomic E-state index is 15.3. The van der Waals surface area contributed by atoms with Crippen LogP contribution in [0.2, 0.25) is 10.0 Å². The number of aliphatic hydroxyl groups is 1. The second-order valence-corrected chi connectivity index (χ2v) is 9.82. The highest BCUT2D eigenvalue weighted by Gasteiger charge is 2.19. The summed E-state index contributed by atoms with van der Waals surface area (Å²) in [4.78, 5) is 1.85. The molecule has 0 amide bonds. The molecule has 0 aliphatic heterocycles. The number of aryl methyl sites for hydroxylation is 1. The van der Waals surface area contributed by atoms with Crippen LogP contribution in [0.5, 0.6) is 17.2 Å². The van der Waals surface area contributed by atoms with E-state index in [9.17, 15) is 5.11 Å². The summed E-state index contributed by atoms with van der Waals surface area (Å²) in [5.41, 5.74) is 1.39. The first-order chi connectivity index (χ1) is 18.5. The van der Waals surface area contributed by atoms with Gasteiger partial charge in [0.25, 0.3) is 0 Å². The molecule has 3 rings (SSSR count). The summed E-state index contributed by atoms with van der Waals surface area (Å²) in [5.74, 6) is -1.10. The number of aliphatic hydroxyl groups excluding tert-OH is 1. The topological polar surface area (TPSA) is 123 Å². The maximum absolute atomic E-state index is 15.3. The van der Waals surface area contributed by atoms with Crippen molar-refractivity contribution in [2.45, 2.75) is 19.4 Å². The van der Waals surface area contributed by atoms with Gasteiger partial charge in [-0.25, -0.2) is 4.39 Å². The van der Waals surface area contributed by atoms with Gasteiger partial charge >= 0.3 is 0 Å². The zero-order valence-corrected chi connectivity index (χ0v) is 23.0. The Kier molecular flexibility index (Phi) is 10.3. The summed E-state index contributed by atoms with van der Waals surface area (Å²) >= 11 is 12.1. The van der Waals surface area contributed by atoms with Gasteiger partial charge in [-0.15, -0.1) is 0 Å². The molecule has 0 aliphatic carbocycles. The van der Waals surface area contributed by atoms with Gasteiger partial charge in [0.05, 0.1) is 23.1 Å². The Balaban J connectivity index is 1.67. The van der Waals surface area contributed by atoms with Crippen LogP contribution in [0.1, 0.15) is 22.3 Å². The van der Waals surface area contributed by atoms with E-state index in [1.807, 2.05) is 25.1 Å². The molecule has 0 heterocycles. The van der Waals surface area contributed by atoms with Crippen molar-refractivity contribution >= 4 is 35.0 Å². The van der Waals surface area contributed by atoms with Gasteiger partial charge in [0.2, 0.25) is 5.90 Å². The van der Waals surface area contributed by atoms with E-state index in [2.05, 4.69) is 0 Å². The molecule has 0 fully saturated rings. The molecule has 11 heteroatoms. The molecule has 0 spiro atoms. The molecule has 3 N–H and O–H groups in total. The number of hydrogen-bond acceptors (Lipinski definition) is 8. The molecular formula is C28H27Cl2FN4O4. The summed E-state index contributed by atoms with van der Waals surface area (Å²) in [6.07, 6.45) is -0.924. The lowest BCUT2D eigenvalue weighted by molar-refractivity contribution is 0.0831. The van der Waals surface area contributed by atoms with Gasteiger partial charge in [0, 0.05) is 22.7 Å². The Morgan fingerprint density at radius 2 is 1.85 bits per heavy atom. The van der Waals surface area contributed by atoms with Crippen LogP contribution < -0.4 is 9.47 Å². The fourth-order valence-electron chi connectivity index (χ4n) is 3.64. The van der Waals surface area contributed by atoms with Gasteiger partial charge in [0.15, 0.2) is 17.5 Å². The van der Waals surface area contributed by atoms with E-state index in [1.165, 1.54) is 30.3 Å². The average molecular weight is 573 g/mol. The van der Waals surface area contributed by atoms with Crippen LogP contribution in [-0.4, -0.2) is 55.2 Å². The number of nitrogens with zero attached hydrogens (tertiary/aromatic N) is 2. The first-order valence-electron chi connectivity index (χ1n) is 11.7. The molecule has 0 aromatic heterocycles. The molecule has 204 valence electrons. The molecule has 39 heavy (non-hydrogen) atoms. The normalized spacial score (nSPS) is 11.6. The quantitative estimate of drug-likeness (QED) is 0.203. The molecule has 0 bridgehead atoms.